The second-order valence-electron chi connectivity index (χ2n) is 12.7. The van der Waals surface area contributed by atoms with Crippen LogP contribution < -0.4 is 26.2 Å². The van der Waals surface area contributed by atoms with Gasteiger partial charge < -0.3 is 14.4 Å². The van der Waals surface area contributed by atoms with Gasteiger partial charge in [0.15, 0.2) is 0 Å². The fourth-order valence-corrected chi connectivity index (χ4v) is 8.04. The predicted octanol–water partition coefficient (Wildman–Crippen LogP) is 9.17. The number of hydrogen-bond donors (Lipinski definition) is 0. The molecular weight excluding hydrogens is 569 g/mol. The molecule has 220 valence electrons. The summed E-state index contributed by atoms with van der Waals surface area (Å²) in [5, 5.41) is 2.52. The van der Waals surface area contributed by atoms with E-state index in [1.54, 1.807) is 0 Å². The van der Waals surface area contributed by atoms with E-state index in [0.717, 1.165) is 11.4 Å². The van der Waals surface area contributed by atoms with Gasteiger partial charge in [-0.2, -0.15) is 0 Å². The Bertz CT molecular complexity index is 2500. The van der Waals surface area contributed by atoms with Gasteiger partial charge in [-0.05, 0) is 90.0 Å². The van der Waals surface area contributed by atoms with Crippen LogP contribution >= 0.6 is 0 Å². The number of fused-ring (bicyclic) bond motifs is 7. The van der Waals surface area contributed by atoms with Crippen molar-refractivity contribution < 1.29 is 0 Å². The molecular formula is C43H30BN3. The first kappa shape index (κ1) is 26.2. The van der Waals surface area contributed by atoms with Crippen molar-refractivity contribution in [2.24, 2.45) is 0 Å². The molecule has 0 saturated heterocycles. The molecule has 0 fully saturated rings. The summed E-state index contributed by atoms with van der Waals surface area (Å²) in [5.41, 5.74) is 16.1. The van der Waals surface area contributed by atoms with E-state index in [2.05, 4.69) is 185 Å². The first-order valence-corrected chi connectivity index (χ1v) is 16.3. The van der Waals surface area contributed by atoms with Crippen molar-refractivity contribution in [2.75, 3.05) is 9.80 Å². The SMILES string of the molecule is Cc1ccc(N2c3ccccc3B3c4ccccc4N(c4ccc5c6ccccc6n(-c6ccccc6)c5c4)c4cccc2c43)cc1. The number of rotatable bonds is 3. The minimum absolute atomic E-state index is 0.131. The molecule has 0 amide bonds. The van der Waals surface area contributed by atoms with E-state index in [4.69, 9.17) is 0 Å². The molecule has 1 aromatic heterocycles. The third-order valence-corrected chi connectivity index (χ3v) is 10.0. The molecule has 0 N–H and O–H groups in total. The van der Waals surface area contributed by atoms with Crippen LogP contribution in [0.2, 0.25) is 0 Å². The van der Waals surface area contributed by atoms with E-state index in [0.29, 0.717) is 0 Å². The van der Waals surface area contributed by atoms with Crippen LogP contribution in [-0.2, 0) is 0 Å². The van der Waals surface area contributed by atoms with E-state index in [9.17, 15) is 0 Å². The van der Waals surface area contributed by atoms with Crippen LogP contribution in [0.5, 0.6) is 0 Å². The Kier molecular flexibility index (Phi) is 5.59. The molecule has 0 bridgehead atoms. The number of benzene rings is 7. The molecule has 3 heterocycles. The van der Waals surface area contributed by atoms with Crippen molar-refractivity contribution in [2.45, 2.75) is 6.92 Å². The summed E-state index contributed by atoms with van der Waals surface area (Å²) in [7, 11) is 0. The third kappa shape index (κ3) is 3.76. The zero-order valence-corrected chi connectivity index (χ0v) is 26.0. The number of anilines is 6. The number of aryl methyl sites for hydroxylation is 1. The zero-order valence-electron chi connectivity index (χ0n) is 26.0. The van der Waals surface area contributed by atoms with Crippen LogP contribution in [0.1, 0.15) is 5.56 Å². The lowest BCUT2D eigenvalue weighted by atomic mass is 9.33. The van der Waals surface area contributed by atoms with E-state index in [1.165, 1.54) is 72.2 Å². The maximum Gasteiger partial charge on any atom is 0.252 e. The Balaban J connectivity index is 1.25. The number of para-hydroxylation sites is 4. The summed E-state index contributed by atoms with van der Waals surface area (Å²) in [6, 6.07) is 60.1. The molecule has 3 nitrogen and oxygen atoms in total. The van der Waals surface area contributed by atoms with Crippen LogP contribution in [0.25, 0.3) is 27.5 Å². The van der Waals surface area contributed by atoms with Crippen LogP contribution in [0, 0.1) is 6.92 Å². The van der Waals surface area contributed by atoms with Gasteiger partial charge in [0.1, 0.15) is 0 Å². The lowest BCUT2D eigenvalue weighted by Gasteiger charge is -2.44. The molecule has 0 saturated carbocycles. The largest absolute Gasteiger partial charge is 0.311 e. The number of aromatic nitrogens is 1. The van der Waals surface area contributed by atoms with Gasteiger partial charge in [-0.3, -0.25) is 0 Å². The maximum atomic E-state index is 2.48. The monoisotopic (exact) mass is 599 g/mol. The Morgan fingerprint density at radius 1 is 0.404 bits per heavy atom. The smallest absolute Gasteiger partial charge is 0.252 e. The van der Waals surface area contributed by atoms with Crippen molar-refractivity contribution in [3.8, 4) is 5.69 Å². The second kappa shape index (κ2) is 10.0. The fraction of sp³-hybridized carbons (Fsp3) is 0.0233. The van der Waals surface area contributed by atoms with Crippen molar-refractivity contribution in [1.82, 2.24) is 4.57 Å². The van der Waals surface area contributed by atoms with Gasteiger partial charge in [-0.1, -0.05) is 103 Å². The molecule has 10 rings (SSSR count). The van der Waals surface area contributed by atoms with Crippen molar-refractivity contribution in [3.05, 3.63) is 169 Å². The molecule has 0 unspecified atom stereocenters. The number of nitrogens with zero attached hydrogens (tertiary/aromatic N) is 3. The van der Waals surface area contributed by atoms with Gasteiger partial charge in [0.2, 0.25) is 0 Å². The zero-order chi connectivity index (χ0) is 31.1. The molecule has 2 aliphatic rings. The van der Waals surface area contributed by atoms with Gasteiger partial charge >= 0.3 is 0 Å². The van der Waals surface area contributed by atoms with Gasteiger partial charge in [0.05, 0.1) is 11.0 Å². The average Bonchev–Trinajstić information content (AvgIpc) is 3.46. The van der Waals surface area contributed by atoms with Crippen LogP contribution in [0.4, 0.5) is 34.1 Å². The molecule has 2 aliphatic heterocycles. The molecule has 0 spiro atoms. The summed E-state index contributed by atoms with van der Waals surface area (Å²) in [6.45, 7) is 2.28. The van der Waals surface area contributed by atoms with Crippen molar-refractivity contribution in [1.29, 1.82) is 0 Å². The Morgan fingerprint density at radius 3 is 1.68 bits per heavy atom. The first-order chi connectivity index (χ1) is 23.3. The lowest BCUT2D eigenvalue weighted by molar-refractivity contribution is 1.18. The van der Waals surface area contributed by atoms with Crippen molar-refractivity contribution >= 4 is 79.0 Å². The maximum absolute atomic E-state index is 2.48. The topological polar surface area (TPSA) is 11.4 Å². The van der Waals surface area contributed by atoms with Crippen molar-refractivity contribution in [3.63, 3.8) is 0 Å². The Morgan fingerprint density at radius 2 is 0.957 bits per heavy atom. The Labute approximate surface area is 274 Å². The molecule has 4 heteroatoms. The summed E-state index contributed by atoms with van der Waals surface area (Å²) in [6.07, 6.45) is 0. The number of hydrogen-bond acceptors (Lipinski definition) is 2. The quantitative estimate of drug-likeness (QED) is 0.188. The van der Waals surface area contributed by atoms with Gasteiger partial charge in [0.25, 0.3) is 6.71 Å². The first-order valence-electron chi connectivity index (χ1n) is 16.3. The summed E-state index contributed by atoms with van der Waals surface area (Å²) in [4.78, 5) is 4.94. The van der Waals surface area contributed by atoms with E-state index in [-0.39, 0.29) is 6.71 Å². The van der Waals surface area contributed by atoms with Gasteiger partial charge in [-0.15, -0.1) is 0 Å². The minimum Gasteiger partial charge on any atom is -0.311 e. The highest BCUT2D eigenvalue weighted by Crippen LogP contribution is 2.45. The van der Waals surface area contributed by atoms with Crippen LogP contribution in [-0.4, -0.2) is 11.3 Å². The lowest BCUT2D eigenvalue weighted by Crippen LogP contribution is -2.61. The van der Waals surface area contributed by atoms with Crippen LogP contribution in [0.3, 0.4) is 0 Å². The highest BCUT2D eigenvalue weighted by molar-refractivity contribution is 7.00. The van der Waals surface area contributed by atoms with Gasteiger partial charge in [0, 0.05) is 50.6 Å². The normalized spacial score (nSPS) is 13.1. The highest BCUT2D eigenvalue weighted by Gasteiger charge is 2.42. The third-order valence-electron chi connectivity index (χ3n) is 10.0. The fourth-order valence-electron chi connectivity index (χ4n) is 8.04. The highest BCUT2D eigenvalue weighted by atomic mass is 15.2. The van der Waals surface area contributed by atoms with E-state index in [1.807, 2.05) is 0 Å². The molecule has 7 aromatic carbocycles. The summed E-state index contributed by atoms with van der Waals surface area (Å²) < 4.78 is 2.41. The molecule has 8 aromatic rings. The summed E-state index contributed by atoms with van der Waals surface area (Å²) in [5.74, 6) is 0. The minimum atomic E-state index is 0.131. The average molecular weight is 600 g/mol. The second-order valence-corrected chi connectivity index (χ2v) is 12.7. The molecule has 0 atom stereocenters. The van der Waals surface area contributed by atoms with Gasteiger partial charge in [-0.25, -0.2) is 0 Å². The van der Waals surface area contributed by atoms with E-state index < -0.39 is 0 Å². The molecule has 0 radical (unpaired) electrons. The molecule has 47 heavy (non-hydrogen) atoms. The standard InChI is InChI=1S/C43H30BN3/c1-29-22-24-31(25-23-29)46-38-18-9-6-15-35(38)44-36-16-7-10-19-39(36)47(41-21-11-20-40(46)43(41)44)32-26-27-34-33-14-5-8-17-37(33)45(42(34)28-32)30-12-3-2-4-13-30/h2-28H,1H3. The molecule has 0 aliphatic carbocycles. The summed E-state index contributed by atoms with van der Waals surface area (Å²) >= 11 is 0. The van der Waals surface area contributed by atoms with Crippen LogP contribution in [0.15, 0.2) is 164 Å². The van der Waals surface area contributed by atoms with E-state index >= 15 is 0 Å². The Hall–Kier alpha value is -6.00. The predicted molar refractivity (Wildman–Crippen MR) is 200 cm³/mol.